The minimum Gasteiger partial charge on any atom is -0.370 e. The van der Waals surface area contributed by atoms with Gasteiger partial charge in [-0.25, -0.2) is 13.8 Å². The lowest BCUT2D eigenvalue weighted by Gasteiger charge is -2.44. The third kappa shape index (κ3) is 4.88. The number of amides is 1. The van der Waals surface area contributed by atoms with Gasteiger partial charge in [-0.3, -0.25) is 4.79 Å². The van der Waals surface area contributed by atoms with Crippen LogP contribution >= 0.6 is 11.3 Å². The van der Waals surface area contributed by atoms with Crippen molar-refractivity contribution < 1.29 is 18.3 Å². The number of hydrogen-bond donors (Lipinski definition) is 1. The summed E-state index contributed by atoms with van der Waals surface area (Å²) in [6.45, 7) is 8.00. The third-order valence-corrected chi connectivity index (χ3v) is 6.21. The maximum Gasteiger partial charge on any atom is 0.282 e. The van der Waals surface area contributed by atoms with Gasteiger partial charge in [0.05, 0.1) is 21.6 Å². The maximum absolute atomic E-state index is 12.9. The lowest BCUT2D eigenvalue weighted by molar-refractivity contribution is -0.176. The average molecular weight is 447 g/mol. The van der Waals surface area contributed by atoms with Crippen LogP contribution in [0.25, 0.3) is 21.3 Å². The van der Waals surface area contributed by atoms with Gasteiger partial charge in [0.15, 0.2) is 5.13 Å². The molecule has 3 aromatic rings. The van der Waals surface area contributed by atoms with E-state index in [1.165, 1.54) is 17.4 Å². The number of anilines is 1. The lowest BCUT2D eigenvalue weighted by Crippen LogP contribution is -2.48. The molecule has 0 radical (unpaired) electrons. The Hall–Kier alpha value is -2.52. The number of alkyl halides is 2. The summed E-state index contributed by atoms with van der Waals surface area (Å²) in [5.74, 6) is -0.237. The Morgan fingerprint density at radius 2 is 1.87 bits per heavy atom. The van der Waals surface area contributed by atoms with E-state index in [2.05, 4.69) is 20.5 Å². The molecule has 0 saturated carbocycles. The van der Waals surface area contributed by atoms with E-state index in [1.807, 2.05) is 33.8 Å². The van der Waals surface area contributed by atoms with E-state index >= 15 is 0 Å². The molecular formula is C22H24F2N4O2S. The summed E-state index contributed by atoms with van der Waals surface area (Å²) in [7, 11) is 0. The summed E-state index contributed by atoms with van der Waals surface area (Å²) in [4.78, 5) is 18.0. The predicted octanol–water partition coefficient (Wildman–Crippen LogP) is 5.61. The van der Waals surface area contributed by atoms with Crippen LogP contribution in [-0.4, -0.2) is 32.3 Å². The Morgan fingerprint density at radius 1 is 1.16 bits per heavy atom. The molecule has 9 heteroatoms. The molecule has 1 aliphatic heterocycles. The van der Waals surface area contributed by atoms with Crippen LogP contribution < -0.4 is 5.32 Å². The van der Waals surface area contributed by atoms with E-state index < -0.39 is 6.43 Å². The second-order valence-corrected chi connectivity index (χ2v) is 10.1. The average Bonchev–Trinajstić information content (AvgIpc) is 3.13. The molecule has 6 nitrogen and oxygen atoms in total. The van der Waals surface area contributed by atoms with Crippen molar-refractivity contribution >= 4 is 33.3 Å². The highest BCUT2D eigenvalue weighted by molar-refractivity contribution is 7.19. The van der Waals surface area contributed by atoms with Crippen LogP contribution in [0.4, 0.5) is 13.9 Å². The van der Waals surface area contributed by atoms with Crippen LogP contribution in [0.2, 0.25) is 0 Å². The molecule has 31 heavy (non-hydrogen) atoms. The Labute approximate surface area is 183 Å². The van der Waals surface area contributed by atoms with Gasteiger partial charge in [0.25, 0.3) is 6.43 Å². The van der Waals surface area contributed by atoms with Gasteiger partial charge < -0.3 is 10.1 Å². The molecule has 1 aliphatic rings. The van der Waals surface area contributed by atoms with Crippen molar-refractivity contribution in [2.24, 2.45) is 5.92 Å². The highest BCUT2D eigenvalue weighted by Crippen LogP contribution is 2.39. The van der Waals surface area contributed by atoms with Crippen molar-refractivity contribution in [1.82, 2.24) is 15.2 Å². The van der Waals surface area contributed by atoms with E-state index in [-0.39, 0.29) is 28.7 Å². The smallest absolute Gasteiger partial charge is 0.282 e. The number of carbonyl (C=O) groups is 1. The zero-order valence-electron chi connectivity index (χ0n) is 17.8. The normalized spacial score (nSPS) is 18.4. The summed E-state index contributed by atoms with van der Waals surface area (Å²) < 4.78 is 31.9. The minimum atomic E-state index is -2.68. The number of ether oxygens (including phenoxy) is 1. The molecule has 1 aromatic carbocycles. The Bertz CT molecular complexity index is 1110. The number of carbonyl (C=O) groups excluding carboxylic acids is 1. The fourth-order valence-electron chi connectivity index (χ4n) is 4.27. The van der Waals surface area contributed by atoms with Gasteiger partial charge in [-0.15, -0.1) is 5.10 Å². The molecule has 3 heterocycles. The van der Waals surface area contributed by atoms with Crippen LogP contribution in [0.1, 0.15) is 52.7 Å². The zero-order chi connectivity index (χ0) is 22.4. The molecular weight excluding hydrogens is 422 g/mol. The first kappa shape index (κ1) is 21.7. The monoisotopic (exact) mass is 446 g/mol. The number of aromatic nitrogens is 3. The van der Waals surface area contributed by atoms with Crippen molar-refractivity contribution in [3.63, 3.8) is 0 Å². The topological polar surface area (TPSA) is 77.0 Å². The highest BCUT2D eigenvalue weighted by atomic mass is 32.1. The summed E-state index contributed by atoms with van der Waals surface area (Å²) in [5.41, 5.74) is 0.248. The van der Waals surface area contributed by atoms with E-state index in [0.29, 0.717) is 28.9 Å². The van der Waals surface area contributed by atoms with Crippen molar-refractivity contribution in [3.8, 4) is 10.4 Å². The second-order valence-electron chi connectivity index (χ2n) is 9.09. The van der Waals surface area contributed by atoms with Gasteiger partial charge in [0.2, 0.25) is 5.91 Å². The molecule has 164 valence electrons. The summed E-state index contributed by atoms with van der Waals surface area (Å²) in [5, 5.41) is 11.4. The maximum atomic E-state index is 12.9. The highest BCUT2D eigenvalue weighted by Gasteiger charge is 2.42. The van der Waals surface area contributed by atoms with Gasteiger partial charge >= 0.3 is 0 Å². The zero-order valence-corrected chi connectivity index (χ0v) is 18.6. The van der Waals surface area contributed by atoms with Crippen molar-refractivity contribution in [2.45, 2.75) is 58.2 Å². The minimum absolute atomic E-state index is 0.0688. The molecule has 1 saturated heterocycles. The first-order chi connectivity index (χ1) is 14.5. The fourth-order valence-corrected chi connectivity index (χ4v) is 5.08. The molecule has 1 N–H and O–H groups in total. The molecule has 0 bridgehead atoms. The van der Waals surface area contributed by atoms with E-state index in [4.69, 9.17) is 4.74 Å². The van der Waals surface area contributed by atoms with Crippen molar-refractivity contribution in [1.29, 1.82) is 0 Å². The molecule has 0 unspecified atom stereocenters. The molecule has 2 aromatic heterocycles. The summed E-state index contributed by atoms with van der Waals surface area (Å²) >= 11 is 1.34. The number of hydrogen-bond acceptors (Lipinski definition) is 6. The number of rotatable bonds is 4. The van der Waals surface area contributed by atoms with Gasteiger partial charge in [0, 0.05) is 17.5 Å². The van der Waals surface area contributed by atoms with Crippen molar-refractivity contribution in [3.05, 3.63) is 36.2 Å². The Balaban J connectivity index is 1.52. The van der Waals surface area contributed by atoms with Crippen LogP contribution in [0, 0.1) is 5.92 Å². The molecule has 0 atom stereocenters. The van der Waals surface area contributed by atoms with Crippen LogP contribution in [0.5, 0.6) is 0 Å². The quantitative estimate of drug-likeness (QED) is 0.563. The summed E-state index contributed by atoms with van der Waals surface area (Å²) in [6, 6.07) is 6.69. The van der Waals surface area contributed by atoms with Crippen LogP contribution in [0.3, 0.4) is 0 Å². The number of halogens is 2. The van der Waals surface area contributed by atoms with Gasteiger partial charge in [-0.1, -0.05) is 17.4 Å². The van der Waals surface area contributed by atoms with Gasteiger partial charge in [0.1, 0.15) is 5.69 Å². The number of benzene rings is 1. The number of fused-ring (bicyclic) bond motifs is 1. The van der Waals surface area contributed by atoms with E-state index in [9.17, 15) is 13.6 Å². The Morgan fingerprint density at radius 3 is 2.55 bits per heavy atom. The molecule has 4 rings (SSSR count). The van der Waals surface area contributed by atoms with E-state index in [0.717, 1.165) is 10.4 Å². The largest absolute Gasteiger partial charge is 0.370 e. The number of thiazole rings is 1. The molecule has 1 fully saturated rings. The summed E-state index contributed by atoms with van der Waals surface area (Å²) in [6.07, 6.45) is 0.269. The number of nitrogens with one attached hydrogen (secondary N) is 1. The van der Waals surface area contributed by atoms with Gasteiger partial charge in [-0.2, -0.15) is 5.10 Å². The van der Waals surface area contributed by atoms with Crippen LogP contribution in [-0.2, 0) is 9.53 Å². The molecule has 1 amide bonds. The number of nitrogens with zero attached hydrogens (tertiary/aromatic N) is 3. The standard InChI is InChI=1S/C22H24F2N4O2S/c1-21(2)9-14(10-22(3,4)30-21)19(29)26-20-25-11-17(31-20)12-5-6-15-13(7-12)8-16(18(23)24)28-27-15/h5-8,11,14,18H,9-10H2,1-4H3,(H,25,26,29). The Kier molecular flexibility index (Phi) is 5.51. The van der Waals surface area contributed by atoms with Crippen molar-refractivity contribution in [2.75, 3.05) is 5.32 Å². The lowest BCUT2D eigenvalue weighted by atomic mass is 9.80. The molecule has 0 aliphatic carbocycles. The first-order valence-electron chi connectivity index (χ1n) is 10.0. The SMILES string of the molecule is CC1(C)CC(C(=O)Nc2ncc(-c3ccc4nnc(C(F)F)cc4c3)s2)CC(C)(C)O1. The van der Waals surface area contributed by atoms with Gasteiger partial charge in [-0.05, 0) is 64.3 Å². The fraction of sp³-hybridized carbons (Fsp3) is 0.455. The van der Waals surface area contributed by atoms with Crippen LogP contribution in [0.15, 0.2) is 30.5 Å². The molecule has 0 spiro atoms. The predicted molar refractivity (Wildman–Crippen MR) is 116 cm³/mol. The first-order valence-corrected chi connectivity index (χ1v) is 10.9. The second kappa shape index (κ2) is 7.87. The van der Waals surface area contributed by atoms with E-state index in [1.54, 1.807) is 18.3 Å². The third-order valence-electron chi connectivity index (χ3n) is 5.25.